The van der Waals surface area contributed by atoms with E-state index < -0.39 is 0 Å². The molecule has 1 aliphatic carbocycles. The maximum absolute atomic E-state index is 12.5. The third kappa shape index (κ3) is 6.38. The van der Waals surface area contributed by atoms with Crippen LogP contribution in [0.25, 0.3) is 0 Å². The van der Waals surface area contributed by atoms with Crippen molar-refractivity contribution in [3.63, 3.8) is 0 Å². The third-order valence-electron chi connectivity index (χ3n) is 6.25. The summed E-state index contributed by atoms with van der Waals surface area (Å²) in [5.74, 6) is 1.95. The number of phenols is 1. The Hall–Kier alpha value is -2.24. The maximum Gasteiger partial charge on any atom is 0.176 e. The smallest absolute Gasteiger partial charge is 0.176 e. The van der Waals surface area contributed by atoms with Gasteiger partial charge < -0.3 is 9.84 Å². The third-order valence-corrected chi connectivity index (χ3v) is 6.25. The summed E-state index contributed by atoms with van der Waals surface area (Å²) in [6.45, 7) is 10.8. The second-order valence-electron chi connectivity index (χ2n) is 8.81. The van der Waals surface area contributed by atoms with Gasteiger partial charge in [-0.15, -0.1) is 0 Å². The van der Waals surface area contributed by atoms with Gasteiger partial charge >= 0.3 is 0 Å². The van der Waals surface area contributed by atoms with E-state index in [0.717, 1.165) is 32.4 Å². The summed E-state index contributed by atoms with van der Waals surface area (Å²) < 4.78 is 6.22. The molecule has 0 aromatic heterocycles. The highest BCUT2D eigenvalue weighted by Crippen LogP contribution is 2.39. The van der Waals surface area contributed by atoms with Crippen LogP contribution < -0.4 is 0 Å². The average Bonchev–Trinajstić information content (AvgIpc) is 3.13. The van der Waals surface area contributed by atoms with E-state index in [0.29, 0.717) is 42.6 Å². The van der Waals surface area contributed by atoms with E-state index in [-0.39, 0.29) is 11.5 Å². The molecular weight excluding hydrogens is 376 g/mol. The van der Waals surface area contributed by atoms with Gasteiger partial charge in [0.05, 0.1) is 19.3 Å². The van der Waals surface area contributed by atoms with Crippen LogP contribution in [-0.2, 0) is 4.74 Å². The Morgan fingerprint density at radius 2 is 2.07 bits per heavy atom. The fourth-order valence-corrected chi connectivity index (χ4v) is 4.72. The second-order valence-corrected chi connectivity index (χ2v) is 8.81. The Labute approximate surface area is 180 Å². The molecule has 5 nitrogen and oxygen atoms in total. The van der Waals surface area contributed by atoms with Crippen molar-refractivity contribution in [2.24, 2.45) is 22.7 Å². The SMILES string of the molecule is C=N/C=C\C(C)/C=C(\C)CO[C@@H]1C[C@@H]2CCN(CC(=O)c3ccc(O)cc3)C[C@@H]2C1. The zero-order valence-corrected chi connectivity index (χ0v) is 18.2. The van der Waals surface area contributed by atoms with Gasteiger partial charge in [0.25, 0.3) is 0 Å². The Balaban J connectivity index is 1.44. The van der Waals surface area contributed by atoms with Gasteiger partial charge in [0.15, 0.2) is 5.78 Å². The number of phenolic OH excluding ortho intramolecular Hbond substituents is 1. The molecule has 2 fully saturated rings. The number of allylic oxidation sites excluding steroid dienone is 2. The number of carbonyl (C=O) groups excluding carboxylic acids is 1. The van der Waals surface area contributed by atoms with Gasteiger partial charge in [-0.1, -0.05) is 24.6 Å². The van der Waals surface area contributed by atoms with Gasteiger partial charge in [0.2, 0.25) is 0 Å². The first kappa shape index (κ1) is 22.4. The number of fused-ring (bicyclic) bond motifs is 1. The fraction of sp³-hybridized carbons (Fsp3) is 0.520. The van der Waals surface area contributed by atoms with Gasteiger partial charge in [-0.3, -0.25) is 14.7 Å². The first-order valence-corrected chi connectivity index (χ1v) is 10.9. The summed E-state index contributed by atoms with van der Waals surface area (Å²) in [5, 5.41) is 9.40. The molecule has 2 aliphatic rings. The van der Waals surface area contributed by atoms with Crippen LogP contribution in [0.5, 0.6) is 5.75 Å². The monoisotopic (exact) mass is 410 g/mol. The number of Topliss-reactive ketones (excluding diaryl/α,β-unsaturated/α-hetero) is 1. The zero-order chi connectivity index (χ0) is 21.5. The van der Waals surface area contributed by atoms with Gasteiger partial charge in [0.1, 0.15) is 5.75 Å². The van der Waals surface area contributed by atoms with E-state index in [1.807, 2.05) is 6.08 Å². The lowest BCUT2D eigenvalue weighted by atomic mass is 9.88. The number of benzene rings is 1. The van der Waals surface area contributed by atoms with E-state index >= 15 is 0 Å². The summed E-state index contributed by atoms with van der Waals surface area (Å²) >= 11 is 0. The predicted molar refractivity (Wildman–Crippen MR) is 121 cm³/mol. The summed E-state index contributed by atoms with van der Waals surface area (Å²) in [4.78, 5) is 18.6. The largest absolute Gasteiger partial charge is 0.508 e. The number of ether oxygens (including phenoxy) is 1. The highest BCUT2D eigenvalue weighted by molar-refractivity contribution is 5.97. The van der Waals surface area contributed by atoms with Crippen LogP contribution in [-0.4, -0.2) is 54.9 Å². The topological polar surface area (TPSA) is 62.1 Å². The van der Waals surface area contributed by atoms with E-state index in [9.17, 15) is 9.90 Å². The van der Waals surface area contributed by atoms with Gasteiger partial charge in [-0.25, -0.2) is 0 Å². The Bertz CT molecular complexity index is 784. The molecule has 1 heterocycles. The number of hydrogen-bond donors (Lipinski definition) is 1. The molecule has 1 N–H and O–H groups in total. The average molecular weight is 411 g/mol. The van der Waals surface area contributed by atoms with Crippen LogP contribution >= 0.6 is 0 Å². The summed E-state index contributed by atoms with van der Waals surface area (Å²) in [7, 11) is 0. The van der Waals surface area contributed by atoms with Crippen molar-refractivity contribution in [3.8, 4) is 5.75 Å². The van der Waals surface area contributed by atoms with Crippen molar-refractivity contribution in [1.82, 2.24) is 4.90 Å². The normalized spacial score (nSPS) is 25.9. The van der Waals surface area contributed by atoms with E-state index in [1.54, 1.807) is 30.5 Å². The van der Waals surface area contributed by atoms with Crippen LogP contribution in [0.1, 0.15) is 43.5 Å². The van der Waals surface area contributed by atoms with Crippen molar-refractivity contribution in [1.29, 1.82) is 0 Å². The highest BCUT2D eigenvalue weighted by atomic mass is 16.5. The van der Waals surface area contributed by atoms with Crippen molar-refractivity contribution >= 4 is 12.5 Å². The summed E-state index contributed by atoms with van der Waals surface area (Å²) in [6.07, 6.45) is 9.63. The number of ketones is 1. The van der Waals surface area contributed by atoms with Crippen LogP contribution in [0.2, 0.25) is 0 Å². The van der Waals surface area contributed by atoms with Crippen LogP contribution in [0.3, 0.4) is 0 Å². The molecule has 1 aromatic carbocycles. The maximum atomic E-state index is 12.5. The highest BCUT2D eigenvalue weighted by Gasteiger charge is 2.38. The van der Waals surface area contributed by atoms with Gasteiger partial charge in [0, 0.05) is 18.3 Å². The second kappa shape index (κ2) is 10.7. The zero-order valence-electron chi connectivity index (χ0n) is 18.2. The van der Waals surface area contributed by atoms with Crippen LogP contribution in [0.4, 0.5) is 0 Å². The van der Waals surface area contributed by atoms with E-state index in [1.165, 1.54) is 5.57 Å². The molecule has 1 aromatic rings. The lowest BCUT2D eigenvalue weighted by Crippen LogP contribution is -2.41. The number of nitrogens with zero attached hydrogens (tertiary/aromatic N) is 2. The molecule has 1 aliphatic heterocycles. The molecule has 1 unspecified atom stereocenters. The lowest BCUT2D eigenvalue weighted by molar-refractivity contribution is 0.0701. The Morgan fingerprint density at radius 3 is 2.80 bits per heavy atom. The first-order chi connectivity index (χ1) is 14.4. The van der Waals surface area contributed by atoms with Gasteiger partial charge in [-0.2, -0.15) is 0 Å². The molecule has 30 heavy (non-hydrogen) atoms. The molecular formula is C25H34N2O3. The van der Waals surface area contributed by atoms with Crippen molar-refractivity contribution in [2.45, 2.75) is 39.2 Å². The van der Waals surface area contributed by atoms with Crippen molar-refractivity contribution in [3.05, 3.63) is 53.8 Å². The molecule has 1 saturated carbocycles. The number of carbonyl (C=O) groups is 1. The summed E-state index contributed by atoms with van der Waals surface area (Å²) in [6, 6.07) is 6.54. The van der Waals surface area contributed by atoms with E-state index in [4.69, 9.17) is 4.74 Å². The number of hydrogen-bond acceptors (Lipinski definition) is 5. The van der Waals surface area contributed by atoms with Gasteiger partial charge in [-0.05, 0) is 81.5 Å². The van der Waals surface area contributed by atoms with Crippen molar-refractivity contribution in [2.75, 3.05) is 26.2 Å². The van der Waals surface area contributed by atoms with E-state index in [2.05, 4.69) is 36.5 Å². The molecule has 0 bridgehead atoms. The molecule has 1 saturated heterocycles. The minimum absolute atomic E-state index is 0.120. The standard InChI is InChI=1S/C25H34N2O3/c1-18(8-10-26-3)12-19(2)17-30-24-13-21-9-11-27(15-22(21)14-24)16-25(29)20-4-6-23(28)7-5-20/h4-8,10,12,18,21-22,24,28H,3,9,11,13-17H2,1-2H3/b10-8-,19-12+/t18?,21-,22-,24+/m0/s1. The molecule has 0 spiro atoms. The lowest BCUT2D eigenvalue weighted by Gasteiger charge is -2.34. The number of piperidine rings is 1. The van der Waals surface area contributed by atoms with Crippen LogP contribution in [0, 0.1) is 17.8 Å². The Morgan fingerprint density at radius 1 is 1.33 bits per heavy atom. The molecule has 5 heteroatoms. The number of likely N-dealkylation sites (tertiary alicyclic amines) is 1. The Kier molecular flexibility index (Phi) is 8.00. The molecule has 162 valence electrons. The number of aromatic hydroxyl groups is 1. The minimum atomic E-state index is 0.120. The molecule has 0 amide bonds. The molecule has 3 rings (SSSR count). The predicted octanol–water partition coefficient (Wildman–Crippen LogP) is 4.49. The molecule has 4 atom stereocenters. The fourth-order valence-electron chi connectivity index (χ4n) is 4.72. The van der Waals surface area contributed by atoms with Crippen molar-refractivity contribution < 1.29 is 14.6 Å². The minimum Gasteiger partial charge on any atom is -0.508 e. The number of rotatable bonds is 9. The summed E-state index contributed by atoms with van der Waals surface area (Å²) in [5.41, 5.74) is 1.91. The first-order valence-electron chi connectivity index (χ1n) is 10.9. The number of aliphatic imine (C=N–C) groups is 1. The quantitative estimate of drug-likeness (QED) is 0.370. The van der Waals surface area contributed by atoms with Crippen LogP contribution in [0.15, 0.2) is 53.2 Å². The molecule has 0 radical (unpaired) electrons.